The third-order valence-electron chi connectivity index (χ3n) is 5.24. The Morgan fingerprint density at radius 1 is 1.18 bits per heavy atom. The van der Waals surface area contributed by atoms with Crippen LogP contribution in [-0.2, 0) is 7.05 Å². The molecule has 148 valence electrons. The van der Waals surface area contributed by atoms with Gasteiger partial charge in [0.05, 0.1) is 11.6 Å². The van der Waals surface area contributed by atoms with E-state index < -0.39 is 11.5 Å². The van der Waals surface area contributed by atoms with Gasteiger partial charge in [-0.2, -0.15) is 15.1 Å². The van der Waals surface area contributed by atoms with Gasteiger partial charge in [0.1, 0.15) is 5.82 Å². The largest absolute Gasteiger partial charge is 0.364 e. The number of hydrogen-bond acceptors (Lipinski definition) is 5. The van der Waals surface area contributed by atoms with Crippen LogP contribution in [0.5, 0.6) is 0 Å². The molecular weight excluding hydrogens is 362 g/mol. The van der Waals surface area contributed by atoms with Gasteiger partial charge in [0.25, 0.3) is 5.92 Å². The van der Waals surface area contributed by atoms with E-state index in [0.29, 0.717) is 24.0 Å². The van der Waals surface area contributed by atoms with Gasteiger partial charge in [-0.15, -0.1) is 0 Å². The maximum Gasteiger partial charge on any atom is 0.252 e. The number of fused-ring (bicyclic) bond motifs is 1. The highest BCUT2D eigenvalue weighted by Crippen LogP contribution is 2.47. The molecule has 1 unspecified atom stereocenters. The van der Waals surface area contributed by atoms with Gasteiger partial charge in [-0.05, 0) is 18.4 Å². The minimum absolute atomic E-state index is 0.209. The maximum absolute atomic E-state index is 13.4. The lowest BCUT2D eigenvalue weighted by Crippen LogP contribution is -2.54. The van der Waals surface area contributed by atoms with Crippen molar-refractivity contribution in [2.24, 2.45) is 7.05 Å². The molecule has 6 nitrogen and oxygen atoms in total. The van der Waals surface area contributed by atoms with E-state index in [9.17, 15) is 8.78 Å². The minimum atomic E-state index is -2.62. The van der Waals surface area contributed by atoms with E-state index in [0.717, 1.165) is 5.39 Å². The van der Waals surface area contributed by atoms with Crippen molar-refractivity contribution >= 4 is 22.8 Å². The summed E-state index contributed by atoms with van der Waals surface area (Å²) in [7, 11) is 1.80. The van der Waals surface area contributed by atoms with Crippen molar-refractivity contribution in [3.05, 3.63) is 42.1 Å². The number of aromatic nitrogens is 4. The highest BCUT2D eigenvalue weighted by atomic mass is 19.3. The van der Waals surface area contributed by atoms with Crippen molar-refractivity contribution in [1.29, 1.82) is 0 Å². The number of anilines is 2. The van der Waals surface area contributed by atoms with Crippen LogP contribution in [0.4, 0.5) is 20.5 Å². The van der Waals surface area contributed by atoms with E-state index in [-0.39, 0.29) is 18.8 Å². The van der Waals surface area contributed by atoms with Gasteiger partial charge < -0.3 is 10.6 Å². The van der Waals surface area contributed by atoms with Gasteiger partial charge in [0, 0.05) is 32.0 Å². The zero-order valence-corrected chi connectivity index (χ0v) is 16.2. The second-order valence-corrected chi connectivity index (χ2v) is 7.99. The Labute approximate surface area is 162 Å². The first-order valence-electron chi connectivity index (χ1n) is 9.39. The van der Waals surface area contributed by atoms with Crippen molar-refractivity contribution in [1.82, 2.24) is 19.7 Å². The van der Waals surface area contributed by atoms with E-state index in [4.69, 9.17) is 0 Å². The third kappa shape index (κ3) is 3.63. The van der Waals surface area contributed by atoms with Crippen molar-refractivity contribution < 1.29 is 8.78 Å². The molecule has 0 radical (unpaired) electrons. The number of halogens is 2. The first-order chi connectivity index (χ1) is 13.2. The molecule has 1 saturated carbocycles. The topological polar surface area (TPSA) is 67.7 Å². The molecule has 1 aliphatic rings. The van der Waals surface area contributed by atoms with Crippen LogP contribution in [0, 0.1) is 0 Å². The molecule has 4 rings (SSSR count). The zero-order chi connectivity index (χ0) is 19.9. The lowest BCUT2D eigenvalue weighted by Gasteiger charge is -2.45. The highest BCUT2D eigenvalue weighted by molar-refractivity contribution is 5.87. The SMILES string of the molecule is CC(CNc1nc(NC2(C)CC(F)(F)C2)c2cnn(C)c2n1)c1ccccc1. The highest BCUT2D eigenvalue weighted by Gasteiger charge is 2.54. The number of nitrogens with one attached hydrogen (secondary N) is 2. The van der Waals surface area contributed by atoms with Crippen LogP contribution in [0.3, 0.4) is 0 Å². The summed E-state index contributed by atoms with van der Waals surface area (Å²) < 4.78 is 28.5. The molecule has 0 saturated heterocycles. The van der Waals surface area contributed by atoms with Crippen LogP contribution in [0.1, 0.15) is 38.2 Å². The van der Waals surface area contributed by atoms with Crippen molar-refractivity contribution in [2.45, 2.75) is 44.1 Å². The average molecular weight is 386 g/mol. The van der Waals surface area contributed by atoms with Crippen molar-refractivity contribution in [2.75, 3.05) is 17.2 Å². The molecule has 1 aromatic carbocycles. The predicted octanol–water partition coefficient (Wildman–Crippen LogP) is 4.18. The molecule has 0 aliphatic heterocycles. The lowest BCUT2D eigenvalue weighted by molar-refractivity contribution is -0.109. The first-order valence-corrected chi connectivity index (χ1v) is 9.39. The number of hydrogen-bond donors (Lipinski definition) is 2. The Bertz CT molecular complexity index is 977. The van der Waals surface area contributed by atoms with E-state index >= 15 is 0 Å². The van der Waals surface area contributed by atoms with Gasteiger partial charge in [-0.1, -0.05) is 37.3 Å². The van der Waals surface area contributed by atoms with Gasteiger partial charge in [-0.25, -0.2) is 8.78 Å². The molecule has 2 N–H and O–H groups in total. The van der Waals surface area contributed by atoms with Crippen molar-refractivity contribution in [3.63, 3.8) is 0 Å². The van der Waals surface area contributed by atoms with Crippen LogP contribution < -0.4 is 10.6 Å². The van der Waals surface area contributed by atoms with Gasteiger partial charge in [0.15, 0.2) is 5.65 Å². The van der Waals surface area contributed by atoms with Crippen LogP contribution in [0.25, 0.3) is 11.0 Å². The number of aryl methyl sites for hydroxylation is 1. The van der Waals surface area contributed by atoms with Gasteiger partial charge in [0.2, 0.25) is 5.95 Å². The summed E-state index contributed by atoms with van der Waals surface area (Å²) in [5, 5.41) is 11.4. The summed E-state index contributed by atoms with van der Waals surface area (Å²) in [4.78, 5) is 9.12. The van der Waals surface area contributed by atoms with Gasteiger partial charge in [-0.3, -0.25) is 4.68 Å². The average Bonchev–Trinajstić information content (AvgIpc) is 3.00. The monoisotopic (exact) mass is 386 g/mol. The molecule has 3 aromatic rings. The summed E-state index contributed by atoms with van der Waals surface area (Å²) in [6.45, 7) is 4.57. The Balaban J connectivity index is 1.56. The van der Waals surface area contributed by atoms with Crippen molar-refractivity contribution in [3.8, 4) is 0 Å². The zero-order valence-electron chi connectivity index (χ0n) is 16.2. The lowest BCUT2D eigenvalue weighted by atomic mass is 9.75. The Morgan fingerprint density at radius 2 is 1.89 bits per heavy atom. The fraction of sp³-hybridized carbons (Fsp3) is 0.450. The molecule has 0 spiro atoms. The molecule has 1 atom stereocenters. The molecule has 8 heteroatoms. The molecule has 0 bridgehead atoms. The summed E-state index contributed by atoms with van der Waals surface area (Å²) in [6.07, 6.45) is 1.24. The van der Waals surface area contributed by atoms with E-state index in [1.165, 1.54) is 5.56 Å². The second-order valence-electron chi connectivity index (χ2n) is 7.99. The second kappa shape index (κ2) is 6.68. The summed E-state index contributed by atoms with van der Waals surface area (Å²) in [5.74, 6) is -1.36. The smallest absolute Gasteiger partial charge is 0.252 e. The predicted molar refractivity (Wildman–Crippen MR) is 106 cm³/mol. The third-order valence-corrected chi connectivity index (χ3v) is 5.24. The van der Waals surface area contributed by atoms with Crippen LogP contribution in [-0.4, -0.2) is 37.8 Å². The summed E-state index contributed by atoms with van der Waals surface area (Å²) >= 11 is 0. The number of nitrogens with zero attached hydrogens (tertiary/aromatic N) is 4. The van der Waals surface area contributed by atoms with Crippen LogP contribution in [0.2, 0.25) is 0 Å². The fourth-order valence-electron chi connectivity index (χ4n) is 3.80. The standard InChI is InChI=1S/C20H24F2N6/c1-13(14-7-5-4-6-8-14)9-23-18-25-16(15-10-24-28(3)17(15)26-18)27-19(2)11-20(21,22)12-19/h4-8,10,13H,9,11-12H2,1-3H3,(H2,23,25,26,27). The maximum atomic E-state index is 13.4. The Morgan fingerprint density at radius 3 is 2.57 bits per heavy atom. The number of benzene rings is 1. The fourth-order valence-corrected chi connectivity index (χ4v) is 3.80. The van der Waals surface area contributed by atoms with E-state index in [2.05, 4.69) is 44.8 Å². The Hall–Kier alpha value is -2.77. The molecular formula is C20H24F2N6. The van der Waals surface area contributed by atoms with E-state index in [1.54, 1.807) is 24.9 Å². The van der Waals surface area contributed by atoms with Crippen LogP contribution in [0.15, 0.2) is 36.5 Å². The molecule has 0 amide bonds. The van der Waals surface area contributed by atoms with E-state index in [1.807, 2.05) is 18.2 Å². The summed E-state index contributed by atoms with van der Waals surface area (Å²) in [5.41, 5.74) is 1.19. The minimum Gasteiger partial charge on any atom is -0.364 e. The normalized spacial score (nSPS) is 18.5. The number of alkyl halides is 2. The molecule has 1 fully saturated rings. The molecule has 2 heterocycles. The van der Waals surface area contributed by atoms with Gasteiger partial charge >= 0.3 is 0 Å². The molecule has 2 aromatic heterocycles. The Kier molecular flexibility index (Phi) is 4.44. The quantitative estimate of drug-likeness (QED) is 0.665. The van der Waals surface area contributed by atoms with Crippen LogP contribution >= 0.6 is 0 Å². The first kappa shape index (κ1) is 18.6. The molecule has 28 heavy (non-hydrogen) atoms. The number of rotatable bonds is 6. The molecule has 1 aliphatic carbocycles. The summed E-state index contributed by atoms with van der Waals surface area (Å²) in [6, 6.07) is 10.2.